The fourth-order valence-electron chi connectivity index (χ4n) is 1.81. The Hall–Kier alpha value is -3.29. The fourth-order valence-corrected chi connectivity index (χ4v) is 1.81. The average Bonchev–Trinajstić information content (AvgIpc) is 2.46. The molecule has 0 fully saturated rings. The summed E-state index contributed by atoms with van der Waals surface area (Å²) in [5, 5.41) is 30.8. The average molecular weight is 301 g/mol. The minimum Gasteiger partial charge on any atom is -0.502 e. The maximum atomic E-state index is 10.7. The second-order valence-electron chi connectivity index (χ2n) is 4.49. The van der Waals surface area contributed by atoms with E-state index in [2.05, 4.69) is 4.99 Å². The second kappa shape index (κ2) is 6.00. The summed E-state index contributed by atoms with van der Waals surface area (Å²) in [6, 6.07) is 8.11. The van der Waals surface area contributed by atoms with Crippen molar-refractivity contribution >= 4 is 23.3 Å². The number of hydrogen-bond acceptors (Lipinski definition) is 6. The van der Waals surface area contributed by atoms with Crippen LogP contribution in [-0.2, 0) is 0 Å². The molecule has 0 bridgehead atoms. The summed E-state index contributed by atoms with van der Waals surface area (Å²) in [7, 11) is 0. The molecule has 0 heterocycles. The third-order valence-electron chi connectivity index (χ3n) is 2.94. The number of phenols is 1. The summed E-state index contributed by atoms with van der Waals surface area (Å²) in [6.07, 6.45) is 1.39. The van der Waals surface area contributed by atoms with Crippen molar-refractivity contribution in [1.29, 1.82) is 0 Å². The molecule has 0 aliphatic carbocycles. The number of nitro benzene ring substituents is 2. The summed E-state index contributed by atoms with van der Waals surface area (Å²) < 4.78 is 0. The molecule has 0 saturated heterocycles. The Morgan fingerprint density at radius 1 is 1.09 bits per heavy atom. The molecule has 0 saturated carbocycles. The number of phenolic OH excluding ortho intramolecular Hbond substituents is 1. The van der Waals surface area contributed by atoms with E-state index in [1.54, 1.807) is 6.92 Å². The van der Waals surface area contributed by atoms with Gasteiger partial charge < -0.3 is 5.11 Å². The standard InChI is InChI=1S/C14H11N3O5/c1-9-6-11(16(19)20)3-4-12(9)15-8-10-2-5-14(18)13(7-10)17(21)22/h2-8,18H,1H3. The molecule has 0 aromatic heterocycles. The summed E-state index contributed by atoms with van der Waals surface area (Å²) >= 11 is 0. The molecule has 112 valence electrons. The lowest BCUT2D eigenvalue weighted by Crippen LogP contribution is -1.91. The number of non-ortho nitro benzene ring substituents is 1. The van der Waals surface area contributed by atoms with Gasteiger partial charge in [0.2, 0.25) is 0 Å². The fraction of sp³-hybridized carbons (Fsp3) is 0.0714. The first-order valence-electron chi connectivity index (χ1n) is 6.15. The highest BCUT2D eigenvalue weighted by Crippen LogP contribution is 2.27. The zero-order valence-corrected chi connectivity index (χ0v) is 11.5. The van der Waals surface area contributed by atoms with E-state index >= 15 is 0 Å². The minimum absolute atomic E-state index is 0.0308. The van der Waals surface area contributed by atoms with Crippen LogP contribution in [0.15, 0.2) is 41.4 Å². The second-order valence-corrected chi connectivity index (χ2v) is 4.49. The third kappa shape index (κ3) is 3.23. The topological polar surface area (TPSA) is 119 Å². The molecule has 0 aliphatic heterocycles. The van der Waals surface area contributed by atoms with Gasteiger partial charge in [-0.05, 0) is 36.2 Å². The monoisotopic (exact) mass is 301 g/mol. The van der Waals surface area contributed by atoms with Gasteiger partial charge in [0.25, 0.3) is 5.69 Å². The molecule has 2 aromatic rings. The molecular formula is C14H11N3O5. The molecule has 2 rings (SSSR count). The Labute approximate surface area is 124 Å². The van der Waals surface area contributed by atoms with Crippen molar-refractivity contribution < 1.29 is 15.0 Å². The number of nitrogens with zero attached hydrogens (tertiary/aromatic N) is 3. The molecule has 0 atom stereocenters. The molecular weight excluding hydrogens is 290 g/mol. The van der Waals surface area contributed by atoms with E-state index in [-0.39, 0.29) is 5.69 Å². The Morgan fingerprint density at radius 3 is 2.41 bits per heavy atom. The lowest BCUT2D eigenvalue weighted by atomic mass is 10.1. The van der Waals surface area contributed by atoms with Crippen LogP contribution in [0.5, 0.6) is 5.75 Å². The first-order chi connectivity index (χ1) is 10.4. The number of aryl methyl sites for hydroxylation is 1. The summed E-state index contributed by atoms with van der Waals surface area (Å²) in [4.78, 5) is 24.4. The lowest BCUT2D eigenvalue weighted by Gasteiger charge is -2.00. The molecule has 1 N–H and O–H groups in total. The van der Waals surface area contributed by atoms with Crippen LogP contribution in [0.4, 0.5) is 17.1 Å². The summed E-state index contributed by atoms with van der Waals surface area (Å²) in [6.45, 7) is 1.68. The van der Waals surface area contributed by atoms with Crippen molar-refractivity contribution in [2.75, 3.05) is 0 Å². The normalized spacial score (nSPS) is 10.8. The number of aliphatic imine (C=N–C) groups is 1. The molecule has 0 aliphatic rings. The van der Waals surface area contributed by atoms with Crippen LogP contribution in [0, 0.1) is 27.2 Å². The maximum Gasteiger partial charge on any atom is 0.311 e. The molecule has 0 unspecified atom stereocenters. The van der Waals surface area contributed by atoms with Gasteiger partial charge in [0.1, 0.15) is 0 Å². The van der Waals surface area contributed by atoms with Crippen molar-refractivity contribution in [3.8, 4) is 5.75 Å². The van der Waals surface area contributed by atoms with E-state index in [0.29, 0.717) is 16.8 Å². The van der Waals surface area contributed by atoms with Gasteiger partial charge in [-0.1, -0.05) is 0 Å². The molecule has 8 heteroatoms. The minimum atomic E-state index is -0.691. The van der Waals surface area contributed by atoms with Crippen molar-refractivity contribution in [2.24, 2.45) is 4.99 Å². The van der Waals surface area contributed by atoms with Gasteiger partial charge in [-0.15, -0.1) is 0 Å². The van der Waals surface area contributed by atoms with Gasteiger partial charge in [0, 0.05) is 24.4 Å². The highest BCUT2D eigenvalue weighted by Gasteiger charge is 2.13. The zero-order chi connectivity index (χ0) is 16.3. The van der Waals surface area contributed by atoms with Crippen LogP contribution >= 0.6 is 0 Å². The molecule has 22 heavy (non-hydrogen) atoms. The Balaban J connectivity index is 2.31. The van der Waals surface area contributed by atoms with Crippen LogP contribution < -0.4 is 0 Å². The van der Waals surface area contributed by atoms with Crippen LogP contribution in [0.2, 0.25) is 0 Å². The Bertz CT molecular complexity index is 786. The van der Waals surface area contributed by atoms with Crippen LogP contribution in [-0.4, -0.2) is 21.2 Å². The van der Waals surface area contributed by atoms with Crippen LogP contribution in [0.1, 0.15) is 11.1 Å². The van der Waals surface area contributed by atoms with Gasteiger partial charge >= 0.3 is 5.69 Å². The van der Waals surface area contributed by atoms with Gasteiger partial charge in [0.15, 0.2) is 5.75 Å². The summed E-state index contributed by atoms with van der Waals surface area (Å²) in [5.74, 6) is -0.423. The smallest absolute Gasteiger partial charge is 0.311 e. The lowest BCUT2D eigenvalue weighted by molar-refractivity contribution is -0.385. The number of hydrogen-bond donors (Lipinski definition) is 1. The van der Waals surface area contributed by atoms with E-state index in [0.717, 1.165) is 0 Å². The SMILES string of the molecule is Cc1cc([N+](=O)[O-])ccc1N=Cc1ccc(O)c([N+](=O)[O-])c1. The van der Waals surface area contributed by atoms with Crippen molar-refractivity contribution in [1.82, 2.24) is 0 Å². The number of benzene rings is 2. The quantitative estimate of drug-likeness (QED) is 0.528. The van der Waals surface area contributed by atoms with Gasteiger partial charge in [0.05, 0.1) is 15.5 Å². The third-order valence-corrected chi connectivity index (χ3v) is 2.94. The van der Waals surface area contributed by atoms with E-state index < -0.39 is 21.3 Å². The molecule has 0 spiro atoms. The largest absolute Gasteiger partial charge is 0.502 e. The number of rotatable bonds is 4. The highest BCUT2D eigenvalue weighted by molar-refractivity contribution is 5.84. The zero-order valence-electron chi connectivity index (χ0n) is 11.5. The summed E-state index contributed by atoms with van der Waals surface area (Å²) in [5.41, 5.74) is 1.11. The highest BCUT2D eigenvalue weighted by atomic mass is 16.6. The first-order valence-corrected chi connectivity index (χ1v) is 6.15. The molecule has 0 radical (unpaired) electrons. The van der Waals surface area contributed by atoms with Crippen molar-refractivity contribution in [2.45, 2.75) is 6.92 Å². The predicted octanol–water partition coefficient (Wildman–Crippen LogP) is 3.27. The van der Waals surface area contributed by atoms with E-state index in [1.165, 1.54) is 42.6 Å². The van der Waals surface area contributed by atoms with Crippen LogP contribution in [0.3, 0.4) is 0 Å². The molecule has 2 aromatic carbocycles. The van der Waals surface area contributed by atoms with E-state index in [4.69, 9.17) is 0 Å². The Kier molecular flexibility index (Phi) is 4.12. The first kappa shape index (κ1) is 15.1. The van der Waals surface area contributed by atoms with Crippen LogP contribution in [0.25, 0.3) is 0 Å². The predicted molar refractivity (Wildman–Crippen MR) is 79.8 cm³/mol. The van der Waals surface area contributed by atoms with Gasteiger partial charge in [-0.2, -0.15) is 0 Å². The number of nitro groups is 2. The number of aromatic hydroxyl groups is 1. The van der Waals surface area contributed by atoms with E-state index in [1.807, 2.05) is 0 Å². The van der Waals surface area contributed by atoms with E-state index in [9.17, 15) is 25.3 Å². The van der Waals surface area contributed by atoms with Crippen molar-refractivity contribution in [3.05, 3.63) is 67.8 Å². The maximum absolute atomic E-state index is 10.7. The molecule has 8 nitrogen and oxygen atoms in total. The van der Waals surface area contributed by atoms with Gasteiger partial charge in [-0.25, -0.2) is 0 Å². The van der Waals surface area contributed by atoms with Gasteiger partial charge in [-0.3, -0.25) is 25.2 Å². The Morgan fingerprint density at radius 2 is 1.82 bits per heavy atom. The molecule has 0 amide bonds. The van der Waals surface area contributed by atoms with Crippen molar-refractivity contribution in [3.63, 3.8) is 0 Å².